The Labute approximate surface area is 136 Å². The van der Waals surface area contributed by atoms with Gasteiger partial charge in [0.2, 0.25) is 0 Å². The fourth-order valence-corrected chi connectivity index (χ4v) is 5.63. The molecule has 0 spiro atoms. The van der Waals surface area contributed by atoms with Crippen LogP contribution in [-0.2, 0) is 9.84 Å². The van der Waals surface area contributed by atoms with Crippen LogP contribution in [0, 0.1) is 0 Å². The van der Waals surface area contributed by atoms with Crippen LogP contribution in [0.4, 0.5) is 5.69 Å². The highest BCUT2D eigenvalue weighted by atomic mass is 32.2. The third kappa shape index (κ3) is 2.38. The summed E-state index contributed by atoms with van der Waals surface area (Å²) in [4.78, 5) is 3.87. The van der Waals surface area contributed by atoms with Crippen molar-refractivity contribution in [1.82, 2.24) is 4.90 Å². The molecular formula is C15H18N2O3S2. The summed E-state index contributed by atoms with van der Waals surface area (Å²) >= 11 is 5.60. The molecule has 2 atom stereocenters. The molecule has 0 saturated carbocycles. The van der Waals surface area contributed by atoms with Gasteiger partial charge in [0.1, 0.15) is 5.75 Å². The zero-order valence-electron chi connectivity index (χ0n) is 12.3. The predicted molar refractivity (Wildman–Crippen MR) is 91.2 cm³/mol. The first-order valence-electron chi connectivity index (χ1n) is 7.02. The summed E-state index contributed by atoms with van der Waals surface area (Å²) < 4.78 is 29.6. The molecule has 118 valence electrons. The van der Waals surface area contributed by atoms with Gasteiger partial charge in [0.05, 0.1) is 36.4 Å². The molecule has 0 radical (unpaired) electrons. The molecule has 0 aliphatic carbocycles. The minimum absolute atomic E-state index is 0.115. The first-order chi connectivity index (χ1) is 10.5. The van der Waals surface area contributed by atoms with Crippen LogP contribution < -0.4 is 9.64 Å². The van der Waals surface area contributed by atoms with E-state index in [1.54, 1.807) is 13.2 Å². The van der Waals surface area contributed by atoms with Gasteiger partial charge in [0.25, 0.3) is 0 Å². The molecule has 0 bridgehead atoms. The van der Waals surface area contributed by atoms with Crippen LogP contribution >= 0.6 is 12.2 Å². The molecule has 2 aliphatic rings. The minimum atomic E-state index is -3.06. The first kappa shape index (κ1) is 15.3. The van der Waals surface area contributed by atoms with E-state index in [9.17, 15) is 8.42 Å². The number of nitrogens with zero attached hydrogens (tertiary/aromatic N) is 2. The van der Waals surface area contributed by atoms with Crippen molar-refractivity contribution in [3.63, 3.8) is 0 Å². The Hall–Kier alpha value is -1.60. The Morgan fingerprint density at radius 3 is 2.73 bits per heavy atom. The van der Waals surface area contributed by atoms with Gasteiger partial charge in [-0.05, 0) is 24.4 Å². The number of para-hydroxylation sites is 2. The monoisotopic (exact) mass is 338 g/mol. The highest BCUT2D eigenvalue weighted by Crippen LogP contribution is 2.39. The summed E-state index contributed by atoms with van der Waals surface area (Å²) in [5.74, 6) is 0.939. The van der Waals surface area contributed by atoms with E-state index in [2.05, 4.69) is 6.58 Å². The number of fused-ring (bicyclic) bond motifs is 1. The van der Waals surface area contributed by atoms with Gasteiger partial charge in [0.15, 0.2) is 14.9 Å². The van der Waals surface area contributed by atoms with Gasteiger partial charge in [-0.1, -0.05) is 18.2 Å². The number of hydrogen-bond donors (Lipinski definition) is 0. The SMILES string of the molecule is C=CCN1C(=S)N(c2ccccc2OC)[C@@H]2CS(=O)(=O)C[C@H]21. The zero-order valence-corrected chi connectivity index (χ0v) is 13.9. The van der Waals surface area contributed by atoms with E-state index in [-0.39, 0.29) is 23.6 Å². The van der Waals surface area contributed by atoms with E-state index < -0.39 is 9.84 Å². The molecule has 2 heterocycles. The Morgan fingerprint density at radius 2 is 2.05 bits per heavy atom. The standard InChI is InChI=1S/C15H18N2O3S2/c1-3-8-16-12-9-22(18,19)10-13(12)17(15(16)21)11-6-4-5-7-14(11)20-2/h3-7,12-13H,1,8-10H2,2H3/t12-,13-/m1/s1. The summed E-state index contributed by atoms with van der Waals surface area (Å²) in [7, 11) is -1.46. The first-order valence-corrected chi connectivity index (χ1v) is 9.25. The van der Waals surface area contributed by atoms with Crippen LogP contribution in [0.2, 0.25) is 0 Å². The van der Waals surface area contributed by atoms with E-state index in [0.717, 1.165) is 5.69 Å². The van der Waals surface area contributed by atoms with Crippen LogP contribution in [0.15, 0.2) is 36.9 Å². The quantitative estimate of drug-likeness (QED) is 0.612. The molecule has 1 aromatic carbocycles. The van der Waals surface area contributed by atoms with Crippen molar-refractivity contribution in [2.45, 2.75) is 12.1 Å². The lowest BCUT2D eigenvalue weighted by atomic mass is 10.1. The zero-order chi connectivity index (χ0) is 15.9. The van der Waals surface area contributed by atoms with Crippen molar-refractivity contribution in [1.29, 1.82) is 0 Å². The highest BCUT2D eigenvalue weighted by Gasteiger charge is 2.52. The molecule has 0 unspecified atom stereocenters. The predicted octanol–water partition coefficient (Wildman–Crippen LogP) is 1.45. The topological polar surface area (TPSA) is 49.9 Å². The average molecular weight is 338 g/mol. The fourth-order valence-electron chi connectivity index (χ4n) is 3.24. The van der Waals surface area contributed by atoms with Crippen LogP contribution in [0.1, 0.15) is 0 Å². The Bertz CT molecular complexity index is 717. The molecular weight excluding hydrogens is 320 g/mol. The second-order valence-corrected chi connectivity index (χ2v) is 8.00. The van der Waals surface area contributed by atoms with Crippen molar-refractivity contribution in [2.75, 3.05) is 30.1 Å². The summed E-state index contributed by atoms with van der Waals surface area (Å²) in [5.41, 5.74) is 0.814. The van der Waals surface area contributed by atoms with Gasteiger partial charge in [-0.25, -0.2) is 8.42 Å². The Morgan fingerprint density at radius 1 is 1.36 bits per heavy atom. The van der Waals surface area contributed by atoms with Crippen molar-refractivity contribution in [3.05, 3.63) is 36.9 Å². The third-order valence-corrected chi connectivity index (χ3v) is 6.28. The number of thiocarbonyl (C=S) groups is 1. The normalized spacial score (nSPS) is 26.1. The lowest BCUT2D eigenvalue weighted by Crippen LogP contribution is -2.37. The molecule has 7 heteroatoms. The van der Waals surface area contributed by atoms with E-state index in [0.29, 0.717) is 17.4 Å². The third-order valence-electron chi connectivity index (χ3n) is 4.15. The molecule has 0 aromatic heterocycles. The van der Waals surface area contributed by atoms with Crippen molar-refractivity contribution < 1.29 is 13.2 Å². The maximum Gasteiger partial charge on any atom is 0.177 e. The van der Waals surface area contributed by atoms with Gasteiger partial charge >= 0.3 is 0 Å². The van der Waals surface area contributed by atoms with Crippen molar-refractivity contribution in [3.8, 4) is 5.75 Å². The van der Waals surface area contributed by atoms with Crippen molar-refractivity contribution in [2.24, 2.45) is 0 Å². The molecule has 2 aliphatic heterocycles. The highest BCUT2D eigenvalue weighted by molar-refractivity contribution is 7.91. The van der Waals surface area contributed by atoms with Crippen LogP contribution in [0.3, 0.4) is 0 Å². The van der Waals surface area contributed by atoms with Gasteiger partial charge in [-0.15, -0.1) is 6.58 Å². The number of anilines is 1. The van der Waals surface area contributed by atoms with Crippen LogP contribution in [0.25, 0.3) is 0 Å². The van der Waals surface area contributed by atoms with Gasteiger partial charge in [0, 0.05) is 6.54 Å². The van der Waals surface area contributed by atoms with Crippen LogP contribution in [-0.4, -0.2) is 55.7 Å². The summed E-state index contributed by atoms with van der Waals surface area (Å²) in [6.07, 6.45) is 1.75. The summed E-state index contributed by atoms with van der Waals surface area (Å²) in [6.45, 7) is 4.29. The fraction of sp³-hybridized carbons (Fsp3) is 0.400. The molecule has 1 aromatic rings. The minimum Gasteiger partial charge on any atom is -0.495 e. The second-order valence-electron chi connectivity index (χ2n) is 5.48. The molecule has 0 N–H and O–H groups in total. The van der Waals surface area contributed by atoms with E-state index in [1.807, 2.05) is 34.1 Å². The number of benzene rings is 1. The second kappa shape index (κ2) is 5.55. The van der Waals surface area contributed by atoms with E-state index >= 15 is 0 Å². The van der Waals surface area contributed by atoms with E-state index in [1.165, 1.54) is 0 Å². The number of methoxy groups -OCH3 is 1. The lowest BCUT2D eigenvalue weighted by molar-refractivity contribution is 0.388. The maximum atomic E-state index is 12.1. The largest absolute Gasteiger partial charge is 0.495 e. The van der Waals surface area contributed by atoms with Gasteiger partial charge < -0.3 is 14.5 Å². The molecule has 0 amide bonds. The van der Waals surface area contributed by atoms with Crippen LogP contribution in [0.5, 0.6) is 5.75 Å². The van der Waals surface area contributed by atoms with Gasteiger partial charge in [-0.3, -0.25) is 0 Å². The van der Waals surface area contributed by atoms with Crippen molar-refractivity contribution >= 4 is 32.9 Å². The molecule has 2 fully saturated rings. The average Bonchev–Trinajstić information content (AvgIpc) is 2.91. The number of rotatable bonds is 4. The molecule has 5 nitrogen and oxygen atoms in total. The molecule has 3 rings (SSSR count). The van der Waals surface area contributed by atoms with E-state index in [4.69, 9.17) is 17.0 Å². The number of hydrogen-bond acceptors (Lipinski definition) is 4. The lowest BCUT2D eigenvalue weighted by Gasteiger charge is -2.26. The number of sulfone groups is 1. The molecule has 22 heavy (non-hydrogen) atoms. The number of ether oxygens (including phenoxy) is 1. The smallest absolute Gasteiger partial charge is 0.177 e. The summed E-state index contributed by atoms with van der Waals surface area (Å²) in [5, 5.41) is 0.634. The van der Waals surface area contributed by atoms with Gasteiger partial charge in [-0.2, -0.15) is 0 Å². The Balaban J connectivity index is 2.06. The maximum absolute atomic E-state index is 12.1. The summed E-state index contributed by atoms with van der Waals surface area (Å²) in [6, 6.07) is 7.24. The Kier molecular flexibility index (Phi) is 3.86. The molecule has 2 saturated heterocycles.